The van der Waals surface area contributed by atoms with E-state index in [2.05, 4.69) is 16.8 Å². The third-order valence-electron chi connectivity index (χ3n) is 3.72. The zero-order valence-corrected chi connectivity index (χ0v) is 12.8. The van der Waals surface area contributed by atoms with Crippen molar-refractivity contribution in [1.29, 1.82) is 0 Å². The Morgan fingerprint density at radius 2 is 2.13 bits per heavy atom. The van der Waals surface area contributed by atoms with Gasteiger partial charge in [0.05, 0.1) is 22.6 Å². The summed E-state index contributed by atoms with van der Waals surface area (Å²) >= 11 is 6.37. The predicted molar refractivity (Wildman–Crippen MR) is 88.9 cm³/mol. The van der Waals surface area contributed by atoms with Crippen LogP contribution in [0.3, 0.4) is 0 Å². The van der Waals surface area contributed by atoms with E-state index in [1.54, 1.807) is 22.9 Å². The first-order chi connectivity index (χ1) is 11.2. The number of benzene rings is 1. The van der Waals surface area contributed by atoms with E-state index in [-0.39, 0.29) is 5.56 Å². The molecule has 0 saturated heterocycles. The number of rotatable bonds is 0. The third kappa shape index (κ3) is 2.36. The van der Waals surface area contributed by atoms with Gasteiger partial charge in [-0.05, 0) is 30.2 Å². The summed E-state index contributed by atoms with van der Waals surface area (Å²) in [4.78, 5) is 16.2. The van der Waals surface area contributed by atoms with Crippen LogP contribution in [-0.4, -0.2) is 16.2 Å². The molecule has 0 unspecified atom stereocenters. The zero-order valence-electron chi connectivity index (χ0n) is 12.0. The summed E-state index contributed by atoms with van der Waals surface area (Å²) in [5, 5.41) is 1.35. The average Bonchev–Trinajstić information content (AvgIpc) is 2.59. The van der Waals surface area contributed by atoms with E-state index in [4.69, 9.17) is 16.3 Å². The van der Waals surface area contributed by atoms with E-state index in [0.29, 0.717) is 40.7 Å². The second kappa shape index (κ2) is 5.45. The molecule has 0 radical (unpaired) electrons. The molecule has 0 aliphatic carbocycles. The fourth-order valence-electron chi connectivity index (χ4n) is 2.68. The Bertz CT molecular complexity index is 1030. The second-order valence-electron chi connectivity index (χ2n) is 5.13. The number of nitrogens with zero attached hydrogens (tertiary/aromatic N) is 2. The Balaban J connectivity index is 1.98. The quantitative estimate of drug-likeness (QED) is 0.598. The van der Waals surface area contributed by atoms with Crippen molar-refractivity contribution in [2.45, 2.75) is 6.54 Å². The van der Waals surface area contributed by atoms with E-state index in [1.807, 2.05) is 18.2 Å². The molecular weight excluding hydrogens is 312 g/mol. The summed E-state index contributed by atoms with van der Waals surface area (Å²) in [6, 6.07) is 10.6. The average molecular weight is 323 g/mol. The molecule has 3 aromatic rings. The number of ether oxygens (including phenoxy) is 1. The van der Waals surface area contributed by atoms with Gasteiger partial charge in [-0.3, -0.25) is 4.79 Å². The number of aromatic nitrogens is 2. The normalized spacial score (nSPS) is 12.4. The van der Waals surface area contributed by atoms with Gasteiger partial charge in [0.25, 0.3) is 5.56 Å². The highest BCUT2D eigenvalue weighted by Crippen LogP contribution is 2.35. The fourth-order valence-corrected chi connectivity index (χ4v) is 2.94. The molecule has 3 heterocycles. The molecule has 0 N–H and O–H groups in total. The van der Waals surface area contributed by atoms with Gasteiger partial charge in [-0.15, -0.1) is 0 Å². The highest BCUT2D eigenvalue weighted by molar-refractivity contribution is 6.35. The molecule has 1 aliphatic heterocycles. The molecule has 2 aromatic heterocycles. The Labute approximate surface area is 137 Å². The van der Waals surface area contributed by atoms with Gasteiger partial charge in [0, 0.05) is 17.6 Å². The third-order valence-corrected chi connectivity index (χ3v) is 4.04. The lowest BCUT2D eigenvalue weighted by molar-refractivity contribution is 0.283. The summed E-state index contributed by atoms with van der Waals surface area (Å²) in [6.45, 7) is 0.947. The molecule has 0 spiro atoms. The predicted octanol–water partition coefficient (Wildman–Crippen LogP) is 2.84. The molecule has 1 aliphatic rings. The van der Waals surface area contributed by atoms with Gasteiger partial charge in [0.2, 0.25) is 0 Å². The van der Waals surface area contributed by atoms with Crippen molar-refractivity contribution in [2.75, 3.05) is 6.61 Å². The number of hydrogen-bond acceptors (Lipinski definition) is 3. The second-order valence-corrected chi connectivity index (χ2v) is 5.54. The van der Waals surface area contributed by atoms with Crippen molar-refractivity contribution in [1.82, 2.24) is 9.55 Å². The van der Waals surface area contributed by atoms with Crippen molar-refractivity contribution in [3.63, 3.8) is 0 Å². The highest BCUT2D eigenvalue weighted by Gasteiger charge is 2.19. The van der Waals surface area contributed by atoms with Crippen LogP contribution in [0, 0.1) is 11.8 Å². The lowest BCUT2D eigenvalue weighted by Crippen LogP contribution is -2.26. The monoisotopic (exact) mass is 322 g/mol. The lowest BCUT2D eigenvalue weighted by atomic mass is 10.1. The van der Waals surface area contributed by atoms with E-state index >= 15 is 0 Å². The Morgan fingerprint density at radius 3 is 2.96 bits per heavy atom. The maximum absolute atomic E-state index is 12.1. The van der Waals surface area contributed by atoms with Gasteiger partial charge < -0.3 is 9.30 Å². The van der Waals surface area contributed by atoms with E-state index in [1.165, 1.54) is 6.07 Å². The van der Waals surface area contributed by atoms with E-state index < -0.39 is 0 Å². The SMILES string of the molecule is O=c1ccc2c(Cl)cc(C#Cc3ccccn3)c3c2n1CCO3. The molecule has 5 heteroatoms. The molecule has 0 fully saturated rings. The largest absolute Gasteiger partial charge is 0.488 e. The fraction of sp³-hybridized carbons (Fsp3) is 0.111. The molecule has 4 nitrogen and oxygen atoms in total. The summed E-state index contributed by atoms with van der Waals surface area (Å²) in [5.74, 6) is 6.66. The molecule has 0 amide bonds. The maximum atomic E-state index is 12.1. The van der Waals surface area contributed by atoms with Crippen LogP contribution in [0.5, 0.6) is 5.75 Å². The molecule has 1 aromatic carbocycles. The topological polar surface area (TPSA) is 44.1 Å². The standard InChI is InChI=1S/C18H11ClN2O2/c19-15-11-12(4-5-13-3-1-2-8-20-13)18-17-14(15)6-7-16(22)21(17)9-10-23-18/h1-3,6-8,11H,9-10H2. The van der Waals surface area contributed by atoms with Crippen LogP contribution in [0.4, 0.5) is 0 Å². The van der Waals surface area contributed by atoms with Crippen LogP contribution in [-0.2, 0) is 6.54 Å². The van der Waals surface area contributed by atoms with Crippen molar-refractivity contribution < 1.29 is 4.74 Å². The molecular formula is C18H11ClN2O2. The van der Waals surface area contributed by atoms with Crippen molar-refractivity contribution in [3.05, 3.63) is 69.2 Å². The van der Waals surface area contributed by atoms with E-state index in [9.17, 15) is 4.79 Å². The van der Waals surface area contributed by atoms with Gasteiger partial charge >= 0.3 is 0 Å². The Kier molecular flexibility index (Phi) is 3.29. The molecule has 0 bridgehead atoms. The minimum Gasteiger partial charge on any atom is -0.488 e. The van der Waals surface area contributed by atoms with Crippen LogP contribution < -0.4 is 10.3 Å². The minimum absolute atomic E-state index is 0.0621. The molecule has 4 rings (SSSR count). The van der Waals surface area contributed by atoms with Crippen molar-refractivity contribution in [3.8, 4) is 17.6 Å². The van der Waals surface area contributed by atoms with Gasteiger partial charge in [-0.2, -0.15) is 0 Å². The van der Waals surface area contributed by atoms with Crippen molar-refractivity contribution >= 4 is 22.5 Å². The van der Waals surface area contributed by atoms with Crippen LogP contribution in [0.2, 0.25) is 5.02 Å². The van der Waals surface area contributed by atoms with Gasteiger partial charge in [-0.25, -0.2) is 4.98 Å². The van der Waals surface area contributed by atoms with Crippen molar-refractivity contribution in [2.24, 2.45) is 0 Å². The van der Waals surface area contributed by atoms with E-state index in [0.717, 1.165) is 5.39 Å². The first kappa shape index (κ1) is 13.9. The van der Waals surface area contributed by atoms with Crippen LogP contribution in [0.1, 0.15) is 11.3 Å². The summed E-state index contributed by atoms with van der Waals surface area (Å²) in [5.41, 5.74) is 1.97. The lowest BCUT2D eigenvalue weighted by Gasteiger charge is -2.21. The zero-order chi connectivity index (χ0) is 15.8. The Hall–Kier alpha value is -2.77. The summed E-state index contributed by atoms with van der Waals surface area (Å²) in [6.07, 6.45) is 1.69. The van der Waals surface area contributed by atoms with Gasteiger partial charge in [0.15, 0.2) is 5.75 Å². The summed E-state index contributed by atoms with van der Waals surface area (Å²) in [7, 11) is 0. The molecule has 0 atom stereocenters. The highest BCUT2D eigenvalue weighted by atomic mass is 35.5. The minimum atomic E-state index is -0.0621. The smallest absolute Gasteiger partial charge is 0.251 e. The number of hydrogen-bond donors (Lipinski definition) is 0. The molecule has 0 saturated carbocycles. The van der Waals surface area contributed by atoms with Gasteiger partial charge in [0.1, 0.15) is 12.3 Å². The van der Waals surface area contributed by atoms with Crippen LogP contribution in [0.15, 0.2) is 47.4 Å². The Morgan fingerprint density at radius 1 is 1.22 bits per heavy atom. The van der Waals surface area contributed by atoms with Crippen LogP contribution in [0.25, 0.3) is 10.9 Å². The molecule has 112 valence electrons. The number of halogens is 1. The molecule has 23 heavy (non-hydrogen) atoms. The summed E-state index contributed by atoms with van der Waals surface area (Å²) < 4.78 is 7.47. The maximum Gasteiger partial charge on any atom is 0.251 e. The first-order valence-electron chi connectivity index (χ1n) is 7.16. The number of pyridine rings is 2. The first-order valence-corrected chi connectivity index (χ1v) is 7.54. The van der Waals surface area contributed by atoms with Crippen LogP contribution >= 0.6 is 11.6 Å². The van der Waals surface area contributed by atoms with Gasteiger partial charge in [-0.1, -0.05) is 23.6 Å².